The molecule has 8 heteroatoms. The number of H-pyrrole nitrogens is 1. The van der Waals surface area contributed by atoms with Crippen molar-refractivity contribution in [3.63, 3.8) is 0 Å². The predicted molar refractivity (Wildman–Crippen MR) is 108 cm³/mol. The number of aromatic amines is 1. The van der Waals surface area contributed by atoms with Crippen LogP contribution in [0, 0.1) is 0 Å². The lowest BCUT2D eigenvalue weighted by atomic mass is 10.1. The molecule has 0 saturated heterocycles. The first-order chi connectivity index (χ1) is 13.2. The van der Waals surface area contributed by atoms with Crippen molar-refractivity contribution in [3.05, 3.63) is 54.1 Å². The molecule has 1 aromatic carbocycles. The normalized spacial score (nSPS) is 11.4. The van der Waals surface area contributed by atoms with Crippen molar-refractivity contribution in [2.24, 2.45) is 0 Å². The van der Waals surface area contributed by atoms with Gasteiger partial charge >= 0.3 is 0 Å². The number of imidazole rings is 1. The van der Waals surface area contributed by atoms with Crippen molar-refractivity contribution in [3.8, 4) is 11.3 Å². The summed E-state index contributed by atoms with van der Waals surface area (Å²) < 4.78 is 1.76. The van der Waals surface area contributed by atoms with E-state index in [0.29, 0.717) is 18.4 Å². The van der Waals surface area contributed by atoms with E-state index in [9.17, 15) is 0 Å². The molecular formula is C19H21N7S. The van der Waals surface area contributed by atoms with Crippen LogP contribution in [0.25, 0.3) is 16.9 Å². The molecule has 0 amide bonds. The largest absolute Gasteiger partial charge is 0.347 e. The standard InChI is InChI=1S/C19H21N7S/c1-12(2)14-9-22-26-17(14)24-19(27-3)25-18(26)21-11-16-20-10-15(23-16)13-7-5-4-6-8-13/h4-10,12H,11H2,1-3H3,(H,20,23)(H,21,24,25). The fourth-order valence-electron chi connectivity index (χ4n) is 2.87. The molecule has 4 aromatic rings. The average Bonchev–Trinajstić information content (AvgIpc) is 3.33. The Morgan fingerprint density at radius 1 is 1.15 bits per heavy atom. The third kappa shape index (κ3) is 3.52. The highest BCUT2D eigenvalue weighted by molar-refractivity contribution is 7.98. The van der Waals surface area contributed by atoms with E-state index in [-0.39, 0.29) is 0 Å². The summed E-state index contributed by atoms with van der Waals surface area (Å²) in [6.45, 7) is 4.79. The molecule has 0 aliphatic rings. The van der Waals surface area contributed by atoms with Gasteiger partial charge in [0.15, 0.2) is 10.8 Å². The number of hydrogen-bond donors (Lipinski definition) is 2. The van der Waals surface area contributed by atoms with Crippen LogP contribution in [-0.4, -0.2) is 35.8 Å². The fourth-order valence-corrected chi connectivity index (χ4v) is 3.22. The van der Waals surface area contributed by atoms with Gasteiger partial charge in [0.1, 0.15) is 5.82 Å². The molecule has 138 valence electrons. The van der Waals surface area contributed by atoms with Crippen molar-refractivity contribution < 1.29 is 0 Å². The van der Waals surface area contributed by atoms with Gasteiger partial charge < -0.3 is 10.3 Å². The Balaban J connectivity index is 1.60. The molecule has 0 aliphatic carbocycles. The van der Waals surface area contributed by atoms with Gasteiger partial charge in [-0.25, -0.2) is 9.97 Å². The Morgan fingerprint density at radius 3 is 2.70 bits per heavy atom. The predicted octanol–water partition coefficient (Wildman–Crippen LogP) is 3.97. The molecule has 0 aliphatic heterocycles. The van der Waals surface area contributed by atoms with Crippen molar-refractivity contribution in [1.29, 1.82) is 0 Å². The molecule has 0 saturated carbocycles. The maximum absolute atomic E-state index is 4.62. The summed E-state index contributed by atoms with van der Waals surface area (Å²) in [5.41, 5.74) is 4.06. The van der Waals surface area contributed by atoms with Gasteiger partial charge in [0.25, 0.3) is 0 Å². The Kier molecular flexibility index (Phi) is 4.81. The van der Waals surface area contributed by atoms with Gasteiger partial charge in [0.05, 0.1) is 24.6 Å². The molecule has 0 unspecified atom stereocenters. The van der Waals surface area contributed by atoms with Gasteiger partial charge in [-0.1, -0.05) is 55.9 Å². The molecule has 0 atom stereocenters. The van der Waals surface area contributed by atoms with Gasteiger partial charge in [-0.2, -0.15) is 14.6 Å². The highest BCUT2D eigenvalue weighted by atomic mass is 32.2. The quantitative estimate of drug-likeness (QED) is 0.493. The van der Waals surface area contributed by atoms with Gasteiger partial charge in [0.2, 0.25) is 5.95 Å². The maximum atomic E-state index is 4.62. The number of anilines is 1. The van der Waals surface area contributed by atoms with E-state index in [1.165, 1.54) is 11.8 Å². The summed E-state index contributed by atoms with van der Waals surface area (Å²) in [6.07, 6.45) is 5.68. The number of hydrogen-bond acceptors (Lipinski definition) is 6. The first-order valence-corrected chi connectivity index (χ1v) is 10.0. The molecule has 4 rings (SSSR count). The van der Waals surface area contributed by atoms with Gasteiger partial charge in [-0.3, -0.25) is 0 Å². The number of benzene rings is 1. The fraction of sp³-hybridized carbons (Fsp3) is 0.263. The van der Waals surface area contributed by atoms with Crippen LogP contribution >= 0.6 is 11.8 Å². The molecule has 3 heterocycles. The van der Waals surface area contributed by atoms with Crippen LogP contribution in [0.3, 0.4) is 0 Å². The van der Waals surface area contributed by atoms with E-state index >= 15 is 0 Å². The van der Waals surface area contributed by atoms with Crippen LogP contribution in [-0.2, 0) is 6.54 Å². The summed E-state index contributed by atoms with van der Waals surface area (Å²) in [5.74, 6) is 1.84. The van der Waals surface area contributed by atoms with Gasteiger partial charge in [0, 0.05) is 5.56 Å². The lowest BCUT2D eigenvalue weighted by molar-refractivity contribution is 0.818. The Labute approximate surface area is 161 Å². The zero-order valence-electron chi connectivity index (χ0n) is 15.5. The Morgan fingerprint density at radius 2 is 1.96 bits per heavy atom. The zero-order chi connectivity index (χ0) is 18.8. The number of aromatic nitrogens is 6. The SMILES string of the molecule is CSc1nc(NCc2ncc(-c3ccccc3)[nH]2)n2ncc(C(C)C)c2n1. The minimum atomic E-state index is 0.346. The lowest BCUT2D eigenvalue weighted by Crippen LogP contribution is -2.10. The third-order valence-corrected chi connectivity index (χ3v) is 4.85. The topological polar surface area (TPSA) is 83.8 Å². The molecule has 3 aromatic heterocycles. The van der Waals surface area contributed by atoms with Gasteiger partial charge in [-0.15, -0.1) is 0 Å². The number of nitrogens with zero attached hydrogens (tertiary/aromatic N) is 5. The highest BCUT2D eigenvalue weighted by Gasteiger charge is 2.15. The summed E-state index contributed by atoms with van der Waals surface area (Å²) in [4.78, 5) is 17.0. The zero-order valence-corrected chi connectivity index (χ0v) is 16.3. The Hall–Kier alpha value is -2.87. The summed E-state index contributed by atoms with van der Waals surface area (Å²) in [5, 5.41) is 8.53. The molecule has 7 nitrogen and oxygen atoms in total. The van der Waals surface area contributed by atoms with Crippen LogP contribution in [0.4, 0.5) is 5.95 Å². The van der Waals surface area contributed by atoms with Gasteiger partial charge in [-0.05, 0) is 17.7 Å². The van der Waals surface area contributed by atoms with Crippen LogP contribution in [0.15, 0.2) is 47.9 Å². The molecule has 0 fully saturated rings. The second-order valence-corrected chi connectivity index (χ2v) is 7.26. The van der Waals surface area contributed by atoms with Crippen LogP contribution < -0.4 is 5.32 Å². The second-order valence-electron chi connectivity index (χ2n) is 6.49. The summed E-state index contributed by atoms with van der Waals surface area (Å²) in [6, 6.07) is 10.1. The minimum absolute atomic E-state index is 0.346. The number of nitrogens with one attached hydrogen (secondary N) is 2. The number of rotatable bonds is 6. The number of thioether (sulfide) groups is 1. The molecular weight excluding hydrogens is 358 g/mol. The van der Waals surface area contributed by atoms with E-state index in [1.54, 1.807) is 4.52 Å². The van der Waals surface area contributed by atoms with E-state index in [2.05, 4.69) is 56.3 Å². The monoisotopic (exact) mass is 379 g/mol. The smallest absolute Gasteiger partial charge is 0.228 e. The van der Waals surface area contributed by atoms with Crippen LogP contribution in [0.5, 0.6) is 0 Å². The Bertz CT molecular complexity index is 1050. The van der Waals surface area contributed by atoms with E-state index in [4.69, 9.17) is 0 Å². The molecule has 0 radical (unpaired) electrons. The lowest BCUT2D eigenvalue weighted by Gasteiger charge is -2.08. The van der Waals surface area contributed by atoms with Crippen molar-refractivity contribution in [2.45, 2.75) is 31.5 Å². The number of fused-ring (bicyclic) bond motifs is 1. The van der Waals surface area contributed by atoms with E-state index < -0.39 is 0 Å². The van der Waals surface area contributed by atoms with Crippen molar-refractivity contribution >= 4 is 23.4 Å². The third-order valence-electron chi connectivity index (χ3n) is 4.31. The molecule has 27 heavy (non-hydrogen) atoms. The van der Waals surface area contributed by atoms with E-state index in [1.807, 2.05) is 36.8 Å². The second kappa shape index (κ2) is 7.40. The minimum Gasteiger partial charge on any atom is -0.347 e. The average molecular weight is 379 g/mol. The summed E-state index contributed by atoms with van der Waals surface area (Å²) in [7, 11) is 0. The summed E-state index contributed by atoms with van der Waals surface area (Å²) >= 11 is 1.52. The first kappa shape index (κ1) is 17.5. The molecule has 2 N–H and O–H groups in total. The van der Waals surface area contributed by atoms with Crippen LogP contribution in [0.2, 0.25) is 0 Å². The molecule has 0 bridgehead atoms. The van der Waals surface area contributed by atoms with Crippen molar-refractivity contribution in [1.82, 2.24) is 29.5 Å². The first-order valence-electron chi connectivity index (χ1n) is 8.78. The maximum Gasteiger partial charge on any atom is 0.228 e. The highest BCUT2D eigenvalue weighted by Crippen LogP contribution is 2.23. The van der Waals surface area contributed by atoms with Crippen molar-refractivity contribution in [2.75, 3.05) is 11.6 Å². The van der Waals surface area contributed by atoms with Crippen LogP contribution in [0.1, 0.15) is 31.2 Å². The van der Waals surface area contributed by atoms with E-state index in [0.717, 1.165) is 33.4 Å². The molecule has 0 spiro atoms.